The standard InChI is InChI=1S/C16H11ClF3N5/c1-2-10-6-25-7-21-14(16(18,19)20)12(15(25)23-10)8-3-9-5-22-24-13(9)11(17)4-8/h3-7H,2H2,1H3,(H,22,24). The Morgan fingerprint density at radius 3 is 2.80 bits per heavy atom. The van der Waals surface area contributed by atoms with E-state index < -0.39 is 11.9 Å². The molecule has 3 heterocycles. The van der Waals surface area contributed by atoms with Gasteiger partial charge >= 0.3 is 6.18 Å². The summed E-state index contributed by atoms with van der Waals surface area (Å²) in [7, 11) is 0. The van der Waals surface area contributed by atoms with Crippen LogP contribution in [0.15, 0.2) is 30.9 Å². The van der Waals surface area contributed by atoms with Crippen LogP contribution >= 0.6 is 11.6 Å². The number of aryl methyl sites for hydroxylation is 1. The summed E-state index contributed by atoms with van der Waals surface area (Å²) in [4.78, 5) is 7.97. The Hall–Kier alpha value is -2.61. The molecule has 9 heteroatoms. The highest BCUT2D eigenvalue weighted by Crippen LogP contribution is 2.39. The van der Waals surface area contributed by atoms with Gasteiger partial charge in [-0.15, -0.1) is 0 Å². The SMILES string of the molecule is CCc1cn2cnc(C(F)(F)F)c(-c3cc(Cl)c4[nH]ncc4c3)c2n1. The fourth-order valence-corrected chi connectivity index (χ4v) is 3.09. The number of aromatic amines is 1. The molecule has 0 aliphatic heterocycles. The second-order valence-electron chi connectivity index (χ2n) is 5.57. The molecule has 0 aliphatic rings. The van der Waals surface area contributed by atoms with Crippen molar-refractivity contribution in [2.45, 2.75) is 19.5 Å². The number of hydrogen-bond donors (Lipinski definition) is 1. The molecule has 25 heavy (non-hydrogen) atoms. The van der Waals surface area contributed by atoms with Gasteiger partial charge in [-0.1, -0.05) is 18.5 Å². The molecular formula is C16H11ClF3N5. The highest BCUT2D eigenvalue weighted by Gasteiger charge is 2.37. The molecule has 3 aromatic heterocycles. The second kappa shape index (κ2) is 5.45. The first-order chi connectivity index (χ1) is 11.9. The number of benzene rings is 1. The minimum atomic E-state index is -4.62. The third-order valence-corrected chi connectivity index (χ3v) is 4.27. The van der Waals surface area contributed by atoms with Gasteiger partial charge in [0.05, 0.1) is 28.0 Å². The monoisotopic (exact) mass is 365 g/mol. The van der Waals surface area contributed by atoms with Crippen LogP contribution in [-0.2, 0) is 12.6 Å². The van der Waals surface area contributed by atoms with Crippen LogP contribution in [0.5, 0.6) is 0 Å². The first kappa shape index (κ1) is 15.9. The van der Waals surface area contributed by atoms with Gasteiger partial charge in [-0.2, -0.15) is 18.3 Å². The van der Waals surface area contributed by atoms with Crippen molar-refractivity contribution in [2.24, 2.45) is 0 Å². The van der Waals surface area contributed by atoms with Gasteiger partial charge < -0.3 is 0 Å². The van der Waals surface area contributed by atoms with E-state index in [0.29, 0.717) is 23.0 Å². The van der Waals surface area contributed by atoms with Crippen molar-refractivity contribution < 1.29 is 13.2 Å². The number of nitrogens with zero attached hydrogens (tertiary/aromatic N) is 4. The smallest absolute Gasteiger partial charge is 0.290 e. The number of imidazole rings is 1. The van der Waals surface area contributed by atoms with E-state index >= 15 is 0 Å². The number of alkyl halides is 3. The molecule has 4 rings (SSSR count). The third kappa shape index (κ3) is 2.53. The van der Waals surface area contributed by atoms with E-state index in [1.807, 2.05) is 6.92 Å². The lowest BCUT2D eigenvalue weighted by Crippen LogP contribution is -2.12. The molecule has 1 aromatic carbocycles. The van der Waals surface area contributed by atoms with Crippen molar-refractivity contribution in [3.63, 3.8) is 0 Å². The van der Waals surface area contributed by atoms with Crippen LogP contribution in [0.2, 0.25) is 5.02 Å². The molecular weight excluding hydrogens is 355 g/mol. The number of aromatic nitrogens is 5. The maximum absolute atomic E-state index is 13.6. The van der Waals surface area contributed by atoms with E-state index in [4.69, 9.17) is 11.6 Å². The summed E-state index contributed by atoms with van der Waals surface area (Å²) < 4.78 is 42.2. The molecule has 0 aliphatic carbocycles. The highest BCUT2D eigenvalue weighted by molar-refractivity contribution is 6.35. The van der Waals surface area contributed by atoms with Gasteiger partial charge in [0.1, 0.15) is 12.0 Å². The van der Waals surface area contributed by atoms with E-state index in [2.05, 4.69) is 20.2 Å². The van der Waals surface area contributed by atoms with E-state index in [1.54, 1.807) is 12.3 Å². The third-order valence-electron chi connectivity index (χ3n) is 3.97. The average molecular weight is 366 g/mol. The number of rotatable bonds is 2. The van der Waals surface area contributed by atoms with E-state index in [0.717, 1.165) is 6.33 Å². The van der Waals surface area contributed by atoms with Crippen molar-refractivity contribution in [3.05, 3.63) is 47.3 Å². The highest BCUT2D eigenvalue weighted by atomic mass is 35.5. The number of nitrogens with one attached hydrogen (secondary N) is 1. The fraction of sp³-hybridized carbons (Fsp3) is 0.188. The molecule has 4 aromatic rings. The van der Waals surface area contributed by atoms with Gasteiger partial charge in [-0.05, 0) is 24.1 Å². The van der Waals surface area contributed by atoms with Crippen LogP contribution in [0.25, 0.3) is 27.7 Å². The lowest BCUT2D eigenvalue weighted by molar-refractivity contribution is -0.140. The summed E-state index contributed by atoms with van der Waals surface area (Å²) in [5.74, 6) is 0. The number of fused-ring (bicyclic) bond motifs is 2. The van der Waals surface area contributed by atoms with E-state index in [1.165, 1.54) is 16.7 Å². The van der Waals surface area contributed by atoms with Gasteiger partial charge in [-0.25, -0.2) is 9.97 Å². The van der Waals surface area contributed by atoms with Crippen LogP contribution in [-0.4, -0.2) is 24.6 Å². The Kier molecular flexibility index (Phi) is 3.47. The summed E-state index contributed by atoms with van der Waals surface area (Å²) in [6.07, 6.45) is 0.293. The molecule has 1 N–H and O–H groups in total. The van der Waals surface area contributed by atoms with Crippen molar-refractivity contribution in [2.75, 3.05) is 0 Å². The predicted octanol–water partition coefficient (Wildman–Crippen LogP) is 4.51. The molecule has 5 nitrogen and oxygen atoms in total. The molecule has 0 amide bonds. The molecule has 0 unspecified atom stereocenters. The second-order valence-corrected chi connectivity index (χ2v) is 5.98. The molecule has 0 atom stereocenters. The van der Waals surface area contributed by atoms with Crippen LogP contribution < -0.4 is 0 Å². The molecule has 0 radical (unpaired) electrons. The average Bonchev–Trinajstić information content (AvgIpc) is 3.18. The number of halogens is 4. The maximum Gasteiger partial charge on any atom is 0.434 e. The topological polar surface area (TPSA) is 58.9 Å². The molecule has 0 spiro atoms. The van der Waals surface area contributed by atoms with Crippen LogP contribution in [0.4, 0.5) is 13.2 Å². The largest absolute Gasteiger partial charge is 0.434 e. The Labute approximate surface area is 144 Å². The number of H-pyrrole nitrogens is 1. The summed E-state index contributed by atoms with van der Waals surface area (Å²) >= 11 is 6.20. The molecule has 0 fully saturated rings. The van der Waals surface area contributed by atoms with Crippen LogP contribution in [0.1, 0.15) is 18.3 Å². The summed E-state index contributed by atoms with van der Waals surface area (Å²) in [6.45, 7) is 1.88. The normalized spacial score (nSPS) is 12.4. The zero-order valence-electron chi connectivity index (χ0n) is 12.9. The number of hydrogen-bond acceptors (Lipinski definition) is 3. The maximum atomic E-state index is 13.6. The quantitative estimate of drug-likeness (QED) is 0.568. The van der Waals surface area contributed by atoms with Gasteiger partial charge in [0.25, 0.3) is 0 Å². The molecule has 128 valence electrons. The fourth-order valence-electron chi connectivity index (χ4n) is 2.82. The summed E-state index contributed by atoms with van der Waals surface area (Å²) in [6, 6.07) is 3.06. The van der Waals surface area contributed by atoms with E-state index in [9.17, 15) is 13.2 Å². The van der Waals surface area contributed by atoms with Crippen molar-refractivity contribution in [3.8, 4) is 11.1 Å². The minimum Gasteiger partial charge on any atom is -0.290 e. The van der Waals surface area contributed by atoms with Crippen molar-refractivity contribution in [1.29, 1.82) is 0 Å². The summed E-state index contributed by atoms with van der Waals surface area (Å²) in [5, 5.41) is 7.49. The van der Waals surface area contributed by atoms with Gasteiger partial charge in [0, 0.05) is 11.6 Å². The van der Waals surface area contributed by atoms with E-state index in [-0.39, 0.29) is 21.8 Å². The molecule has 0 bridgehead atoms. The Balaban J connectivity index is 2.10. The Morgan fingerprint density at radius 1 is 1.28 bits per heavy atom. The Bertz CT molecular complexity index is 1100. The lowest BCUT2D eigenvalue weighted by Gasteiger charge is -2.13. The summed E-state index contributed by atoms with van der Waals surface area (Å²) in [5.41, 5.74) is 0.636. The first-order valence-electron chi connectivity index (χ1n) is 7.45. The van der Waals surface area contributed by atoms with Gasteiger partial charge in [0.15, 0.2) is 5.69 Å². The van der Waals surface area contributed by atoms with Crippen LogP contribution in [0.3, 0.4) is 0 Å². The predicted molar refractivity (Wildman–Crippen MR) is 87.5 cm³/mol. The zero-order chi connectivity index (χ0) is 17.8. The van der Waals surface area contributed by atoms with Crippen molar-refractivity contribution >= 4 is 28.2 Å². The lowest BCUT2D eigenvalue weighted by atomic mass is 10.0. The van der Waals surface area contributed by atoms with Gasteiger partial charge in [0.2, 0.25) is 0 Å². The molecule has 0 saturated carbocycles. The van der Waals surface area contributed by atoms with Gasteiger partial charge in [-0.3, -0.25) is 9.50 Å². The zero-order valence-corrected chi connectivity index (χ0v) is 13.7. The minimum absolute atomic E-state index is 0.0975. The first-order valence-corrected chi connectivity index (χ1v) is 7.83. The molecule has 0 saturated heterocycles. The Morgan fingerprint density at radius 2 is 2.08 bits per heavy atom. The van der Waals surface area contributed by atoms with Crippen LogP contribution in [0, 0.1) is 0 Å². The van der Waals surface area contributed by atoms with Crippen molar-refractivity contribution in [1.82, 2.24) is 24.6 Å².